The van der Waals surface area contributed by atoms with Crippen LogP contribution in [0.5, 0.6) is 5.75 Å². The molecular weight excluding hydrogens is 604 g/mol. The highest BCUT2D eigenvalue weighted by Crippen LogP contribution is 2.24. The van der Waals surface area contributed by atoms with Crippen LogP contribution in [0.1, 0.15) is 36.6 Å². The van der Waals surface area contributed by atoms with Gasteiger partial charge in [0.15, 0.2) is 0 Å². The van der Waals surface area contributed by atoms with Gasteiger partial charge >= 0.3 is 5.97 Å². The van der Waals surface area contributed by atoms with E-state index in [1.165, 1.54) is 42.6 Å². The first-order valence-electron chi connectivity index (χ1n) is 11.5. The van der Waals surface area contributed by atoms with E-state index in [2.05, 4.69) is 31.8 Å². The molecule has 4 aromatic rings. The molecule has 0 saturated carbocycles. The highest BCUT2D eigenvalue weighted by Gasteiger charge is 2.15. The molecule has 0 unspecified atom stereocenters. The van der Waals surface area contributed by atoms with Crippen molar-refractivity contribution in [2.24, 2.45) is 5.10 Å². The topological polar surface area (TPSA) is 140 Å². The van der Waals surface area contributed by atoms with Gasteiger partial charge in [-0.15, -0.1) is 0 Å². The van der Waals surface area contributed by atoms with E-state index in [0.29, 0.717) is 26.3 Å². The molecule has 4 rings (SSSR count). The van der Waals surface area contributed by atoms with Crippen LogP contribution in [0.4, 0.5) is 11.4 Å². The Morgan fingerprint density at radius 1 is 0.900 bits per heavy atom. The Balaban J connectivity index is 1.43. The summed E-state index contributed by atoms with van der Waals surface area (Å²) in [4.78, 5) is 48.0. The van der Waals surface area contributed by atoms with Crippen LogP contribution in [0.15, 0.2) is 101 Å². The van der Waals surface area contributed by atoms with E-state index in [4.69, 9.17) is 16.3 Å². The lowest BCUT2D eigenvalue weighted by Gasteiger charge is -2.09. The first kappa shape index (κ1) is 28.1. The molecule has 0 aliphatic heterocycles. The van der Waals surface area contributed by atoms with Gasteiger partial charge in [0.2, 0.25) is 0 Å². The second-order valence-electron chi connectivity index (χ2n) is 8.09. The van der Waals surface area contributed by atoms with Crippen molar-refractivity contribution in [2.75, 3.05) is 5.32 Å². The molecule has 0 aromatic heterocycles. The van der Waals surface area contributed by atoms with Crippen LogP contribution in [0.2, 0.25) is 5.02 Å². The maximum absolute atomic E-state index is 12.7. The van der Waals surface area contributed by atoms with Crippen molar-refractivity contribution in [2.45, 2.75) is 0 Å². The maximum atomic E-state index is 12.7. The second-order valence-corrected chi connectivity index (χ2v) is 9.41. The van der Waals surface area contributed by atoms with Crippen LogP contribution < -0.4 is 15.5 Å². The zero-order valence-electron chi connectivity index (χ0n) is 20.3. The number of nitro benzene ring substituents is 1. The van der Waals surface area contributed by atoms with Crippen molar-refractivity contribution in [1.29, 1.82) is 0 Å². The summed E-state index contributed by atoms with van der Waals surface area (Å²) in [6.07, 6.45) is 1.30. The first-order chi connectivity index (χ1) is 19.2. The van der Waals surface area contributed by atoms with E-state index in [-0.39, 0.29) is 22.6 Å². The Morgan fingerprint density at radius 2 is 1.65 bits per heavy atom. The Hall–Kier alpha value is -4.87. The molecular formula is C28H18BrClN4O6. The minimum Gasteiger partial charge on any atom is -0.422 e. The number of carbonyl (C=O) groups is 3. The van der Waals surface area contributed by atoms with Crippen molar-refractivity contribution in [3.63, 3.8) is 0 Å². The normalized spacial score (nSPS) is 10.7. The number of halogens is 2. The van der Waals surface area contributed by atoms with Crippen LogP contribution in [0, 0.1) is 10.1 Å². The van der Waals surface area contributed by atoms with Gasteiger partial charge in [0.1, 0.15) is 5.75 Å². The fourth-order valence-corrected chi connectivity index (χ4v) is 4.00. The third-order valence-electron chi connectivity index (χ3n) is 5.36. The average molecular weight is 622 g/mol. The van der Waals surface area contributed by atoms with E-state index in [9.17, 15) is 24.5 Å². The van der Waals surface area contributed by atoms with Gasteiger partial charge in [0.05, 0.1) is 27.3 Å². The first-order valence-corrected chi connectivity index (χ1v) is 12.6. The summed E-state index contributed by atoms with van der Waals surface area (Å²) in [5.41, 5.74) is 3.63. The molecule has 0 radical (unpaired) electrons. The van der Waals surface area contributed by atoms with E-state index >= 15 is 0 Å². The number of nitro groups is 1. The van der Waals surface area contributed by atoms with Gasteiger partial charge in [-0.25, -0.2) is 10.2 Å². The number of non-ortho nitro benzene ring substituents is 1. The minimum atomic E-state index is -0.730. The van der Waals surface area contributed by atoms with E-state index in [1.807, 2.05) is 0 Å². The van der Waals surface area contributed by atoms with Crippen LogP contribution in [-0.4, -0.2) is 28.9 Å². The fraction of sp³-hybridized carbons (Fsp3) is 0. The molecule has 0 fully saturated rings. The Bertz CT molecular complexity index is 1640. The highest BCUT2D eigenvalue weighted by molar-refractivity contribution is 9.10. The molecule has 0 bridgehead atoms. The average Bonchev–Trinajstić information content (AvgIpc) is 2.94. The number of ether oxygens (including phenoxy) is 1. The standard InChI is InChI=1S/C28H18BrClN4O6/c29-20-10-13-25(40-28(37)17-8-11-22(12-9-17)34(38)39)19(14-20)16-31-33-26(35)18-4-3-5-21(15-18)32-27(36)23-6-1-2-7-24(23)30/h1-16H,(H,32,36)(H,33,35). The third-order valence-corrected chi connectivity index (χ3v) is 6.18. The zero-order valence-corrected chi connectivity index (χ0v) is 22.7. The van der Waals surface area contributed by atoms with Crippen molar-refractivity contribution >= 4 is 62.9 Å². The quantitative estimate of drug-likeness (QED) is 0.0784. The molecule has 12 heteroatoms. The number of hydrazone groups is 1. The Morgan fingerprint density at radius 3 is 2.38 bits per heavy atom. The predicted molar refractivity (Wildman–Crippen MR) is 153 cm³/mol. The predicted octanol–water partition coefficient (Wildman–Crippen LogP) is 6.25. The number of hydrogen-bond acceptors (Lipinski definition) is 7. The van der Waals surface area contributed by atoms with Crippen molar-refractivity contribution < 1.29 is 24.0 Å². The monoisotopic (exact) mass is 620 g/mol. The van der Waals surface area contributed by atoms with Gasteiger partial charge in [0.25, 0.3) is 17.5 Å². The van der Waals surface area contributed by atoms with Crippen molar-refractivity contribution in [3.05, 3.63) is 133 Å². The lowest BCUT2D eigenvalue weighted by atomic mass is 10.1. The van der Waals surface area contributed by atoms with Crippen molar-refractivity contribution in [3.8, 4) is 5.75 Å². The van der Waals surface area contributed by atoms with E-state index in [1.54, 1.807) is 54.6 Å². The highest BCUT2D eigenvalue weighted by atomic mass is 79.9. The van der Waals surface area contributed by atoms with E-state index < -0.39 is 22.7 Å². The minimum absolute atomic E-state index is 0.117. The lowest BCUT2D eigenvalue weighted by molar-refractivity contribution is -0.384. The van der Waals surface area contributed by atoms with Crippen LogP contribution in [0.25, 0.3) is 0 Å². The molecule has 0 aliphatic carbocycles. The van der Waals surface area contributed by atoms with Gasteiger partial charge in [-0.1, -0.05) is 45.7 Å². The summed E-state index contributed by atoms with van der Waals surface area (Å²) < 4.78 is 6.11. The molecule has 200 valence electrons. The molecule has 10 nitrogen and oxygen atoms in total. The molecule has 2 amide bonds. The Labute approximate surface area is 240 Å². The number of hydrogen-bond donors (Lipinski definition) is 2. The smallest absolute Gasteiger partial charge is 0.343 e. The summed E-state index contributed by atoms with van der Waals surface area (Å²) in [6, 6.07) is 22.6. The van der Waals surface area contributed by atoms with Gasteiger partial charge in [-0.05, 0) is 60.7 Å². The number of nitrogens with one attached hydrogen (secondary N) is 2. The SMILES string of the molecule is O=C(NN=Cc1cc(Br)ccc1OC(=O)c1ccc([N+](=O)[O-])cc1)c1cccc(NC(=O)c2ccccc2Cl)c1. The van der Waals surface area contributed by atoms with Gasteiger partial charge in [0, 0.05) is 33.4 Å². The molecule has 40 heavy (non-hydrogen) atoms. The molecule has 2 N–H and O–H groups in total. The third kappa shape index (κ3) is 7.16. The molecule has 0 spiro atoms. The number of esters is 1. The van der Waals surface area contributed by atoms with Crippen LogP contribution in [0.3, 0.4) is 0 Å². The number of rotatable bonds is 8. The Kier molecular flexibility index (Phi) is 9.00. The van der Waals surface area contributed by atoms with Crippen LogP contribution in [-0.2, 0) is 0 Å². The number of benzene rings is 4. The molecule has 0 saturated heterocycles. The summed E-state index contributed by atoms with van der Waals surface area (Å²) in [6.45, 7) is 0. The summed E-state index contributed by atoms with van der Waals surface area (Å²) >= 11 is 9.42. The molecule has 0 heterocycles. The van der Waals surface area contributed by atoms with Gasteiger partial charge in [-0.2, -0.15) is 5.10 Å². The second kappa shape index (κ2) is 12.8. The number of amides is 2. The van der Waals surface area contributed by atoms with E-state index in [0.717, 1.165) is 0 Å². The maximum Gasteiger partial charge on any atom is 0.343 e. The summed E-state index contributed by atoms with van der Waals surface area (Å²) in [5.74, 6) is -1.56. The van der Waals surface area contributed by atoms with Crippen LogP contribution >= 0.6 is 27.5 Å². The molecule has 4 aromatic carbocycles. The van der Waals surface area contributed by atoms with Gasteiger partial charge < -0.3 is 10.1 Å². The fourth-order valence-electron chi connectivity index (χ4n) is 3.40. The molecule has 0 atom stereocenters. The summed E-state index contributed by atoms with van der Waals surface area (Å²) in [7, 11) is 0. The van der Waals surface area contributed by atoms with Crippen molar-refractivity contribution in [1.82, 2.24) is 5.43 Å². The summed E-state index contributed by atoms with van der Waals surface area (Å²) in [5, 5.41) is 17.8. The zero-order chi connectivity index (χ0) is 28.6. The number of carbonyl (C=O) groups excluding carboxylic acids is 3. The number of anilines is 1. The lowest BCUT2D eigenvalue weighted by Crippen LogP contribution is -2.18. The molecule has 0 aliphatic rings. The number of nitrogens with zero attached hydrogens (tertiary/aromatic N) is 2. The van der Waals surface area contributed by atoms with Gasteiger partial charge in [-0.3, -0.25) is 19.7 Å². The largest absolute Gasteiger partial charge is 0.422 e.